The Morgan fingerprint density at radius 1 is 0.897 bits per heavy atom. The van der Waals surface area contributed by atoms with Crippen LogP contribution in [0, 0.1) is 11.3 Å². The number of rotatable bonds is 5. The highest BCUT2D eigenvalue weighted by atomic mass is 16.2. The van der Waals surface area contributed by atoms with Crippen LogP contribution < -0.4 is 10.6 Å². The molecule has 3 rings (SSSR count). The molecule has 0 radical (unpaired) electrons. The smallest absolute Gasteiger partial charge is 0.274 e. The number of nitrogens with zero attached hydrogens (tertiary/aromatic N) is 2. The van der Waals surface area contributed by atoms with E-state index >= 15 is 0 Å². The summed E-state index contributed by atoms with van der Waals surface area (Å²) in [5.41, 5.74) is 2.91. The summed E-state index contributed by atoms with van der Waals surface area (Å²) in [4.78, 5) is 29.4. The Bertz CT molecular complexity index is 1100. The number of hydrogen-bond acceptors (Lipinski definition) is 4. The van der Waals surface area contributed by atoms with E-state index in [1.54, 1.807) is 36.4 Å². The average Bonchev–Trinajstić information content (AvgIpc) is 2.74. The highest BCUT2D eigenvalue weighted by molar-refractivity contribution is 6.06. The second-order valence-electron chi connectivity index (χ2n) is 6.75. The van der Waals surface area contributed by atoms with Gasteiger partial charge in [0.25, 0.3) is 11.8 Å². The summed E-state index contributed by atoms with van der Waals surface area (Å²) in [6.07, 6.45) is 0. The molecule has 0 bridgehead atoms. The van der Waals surface area contributed by atoms with E-state index in [0.717, 1.165) is 11.3 Å². The fourth-order valence-corrected chi connectivity index (χ4v) is 2.85. The maximum absolute atomic E-state index is 12.7. The normalized spacial score (nSPS) is 10.3. The lowest BCUT2D eigenvalue weighted by atomic mass is 10.0. The van der Waals surface area contributed by atoms with Crippen LogP contribution in [0.5, 0.6) is 0 Å². The van der Waals surface area contributed by atoms with Crippen molar-refractivity contribution in [3.63, 3.8) is 0 Å². The van der Waals surface area contributed by atoms with Gasteiger partial charge >= 0.3 is 0 Å². The summed E-state index contributed by atoms with van der Waals surface area (Å²) < 4.78 is 0. The van der Waals surface area contributed by atoms with Crippen LogP contribution in [0.25, 0.3) is 0 Å². The number of nitrogens with one attached hydrogen (secondary N) is 2. The van der Waals surface area contributed by atoms with Crippen molar-refractivity contribution in [1.29, 1.82) is 5.26 Å². The molecule has 1 heterocycles. The second-order valence-corrected chi connectivity index (χ2v) is 6.75. The van der Waals surface area contributed by atoms with Gasteiger partial charge in [0, 0.05) is 11.4 Å². The van der Waals surface area contributed by atoms with Gasteiger partial charge in [0.1, 0.15) is 11.4 Å². The monoisotopic (exact) mass is 384 g/mol. The highest BCUT2D eigenvalue weighted by Gasteiger charge is 2.15. The molecule has 3 aromatic rings. The van der Waals surface area contributed by atoms with E-state index in [-0.39, 0.29) is 23.2 Å². The topological polar surface area (TPSA) is 94.9 Å². The summed E-state index contributed by atoms with van der Waals surface area (Å²) in [6.45, 7) is 4.10. The van der Waals surface area contributed by atoms with Crippen LogP contribution in [0.4, 0.5) is 11.4 Å². The quantitative estimate of drug-likeness (QED) is 0.673. The van der Waals surface area contributed by atoms with Crippen LogP contribution in [0.15, 0.2) is 66.7 Å². The molecule has 2 aromatic carbocycles. The number of aromatic nitrogens is 1. The van der Waals surface area contributed by atoms with Gasteiger partial charge in [-0.15, -0.1) is 0 Å². The van der Waals surface area contributed by atoms with E-state index in [0.29, 0.717) is 11.3 Å². The number of benzene rings is 2. The number of anilines is 2. The minimum Gasteiger partial charge on any atom is -0.321 e. The van der Waals surface area contributed by atoms with Gasteiger partial charge in [-0.05, 0) is 47.9 Å². The SMILES string of the molecule is CC(C)c1ccccc1NC(=O)c1cccc(C(=O)Nc2cccc(C#N)c2)n1. The third kappa shape index (κ3) is 4.85. The molecule has 1 aromatic heterocycles. The maximum atomic E-state index is 12.7. The number of para-hydroxylation sites is 1. The molecule has 0 aliphatic carbocycles. The second kappa shape index (κ2) is 8.81. The first-order chi connectivity index (χ1) is 14.0. The molecule has 0 saturated carbocycles. The van der Waals surface area contributed by atoms with Gasteiger partial charge < -0.3 is 10.6 Å². The number of pyridine rings is 1. The highest BCUT2D eigenvalue weighted by Crippen LogP contribution is 2.24. The number of carbonyl (C=O) groups is 2. The minimum atomic E-state index is -0.461. The van der Waals surface area contributed by atoms with Crippen molar-refractivity contribution in [3.8, 4) is 6.07 Å². The van der Waals surface area contributed by atoms with Crippen molar-refractivity contribution in [1.82, 2.24) is 4.98 Å². The fraction of sp³-hybridized carbons (Fsp3) is 0.130. The number of hydrogen-bond donors (Lipinski definition) is 2. The molecule has 0 aliphatic rings. The van der Waals surface area contributed by atoms with E-state index in [9.17, 15) is 9.59 Å². The van der Waals surface area contributed by atoms with Gasteiger partial charge in [-0.3, -0.25) is 9.59 Å². The van der Waals surface area contributed by atoms with Crippen LogP contribution in [-0.2, 0) is 0 Å². The van der Waals surface area contributed by atoms with Crippen molar-refractivity contribution in [2.24, 2.45) is 0 Å². The van der Waals surface area contributed by atoms with Crippen LogP contribution >= 0.6 is 0 Å². The Kier molecular flexibility index (Phi) is 6.00. The van der Waals surface area contributed by atoms with Crippen LogP contribution in [0.1, 0.15) is 51.9 Å². The summed E-state index contributed by atoms with van der Waals surface area (Å²) >= 11 is 0. The molecule has 0 unspecified atom stereocenters. The van der Waals surface area contributed by atoms with Gasteiger partial charge in [0.15, 0.2) is 0 Å². The molecule has 29 heavy (non-hydrogen) atoms. The van der Waals surface area contributed by atoms with Gasteiger partial charge in [0.2, 0.25) is 0 Å². The van der Waals surface area contributed by atoms with Crippen LogP contribution in [0.3, 0.4) is 0 Å². The lowest BCUT2D eigenvalue weighted by molar-refractivity contribution is 0.101. The number of nitriles is 1. The molecule has 2 N–H and O–H groups in total. The largest absolute Gasteiger partial charge is 0.321 e. The Balaban J connectivity index is 1.77. The van der Waals surface area contributed by atoms with Crippen molar-refractivity contribution in [3.05, 3.63) is 89.2 Å². The third-order valence-corrected chi connectivity index (χ3v) is 4.29. The Morgan fingerprint density at radius 3 is 2.24 bits per heavy atom. The standard InChI is InChI=1S/C23H20N4O2/c1-15(2)18-9-3-4-10-19(18)27-23(29)21-12-6-11-20(26-21)22(28)25-17-8-5-7-16(13-17)14-24/h3-13,15H,1-2H3,(H,25,28)(H,27,29). The van der Waals surface area contributed by atoms with Gasteiger partial charge in [0.05, 0.1) is 11.6 Å². The Hall–Kier alpha value is -3.98. The third-order valence-electron chi connectivity index (χ3n) is 4.29. The molecule has 6 nitrogen and oxygen atoms in total. The van der Waals surface area contributed by atoms with E-state index in [2.05, 4.69) is 29.5 Å². The summed E-state index contributed by atoms with van der Waals surface area (Å²) in [6, 6.07) is 20.9. The summed E-state index contributed by atoms with van der Waals surface area (Å²) in [5.74, 6) is -0.600. The maximum Gasteiger partial charge on any atom is 0.274 e. The first-order valence-corrected chi connectivity index (χ1v) is 9.17. The average molecular weight is 384 g/mol. The Labute approximate surface area is 169 Å². The molecule has 0 atom stereocenters. The molecular formula is C23H20N4O2. The first kappa shape index (κ1) is 19.8. The summed E-state index contributed by atoms with van der Waals surface area (Å²) in [5, 5.41) is 14.5. The van der Waals surface area contributed by atoms with E-state index in [1.807, 2.05) is 30.3 Å². The number of amides is 2. The molecule has 0 fully saturated rings. The lowest BCUT2D eigenvalue weighted by Crippen LogP contribution is -2.19. The molecule has 2 amide bonds. The predicted octanol–water partition coefficient (Wildman–Crippen LogP) is 4.58. The lowest BCUT2D eigenvalue weighted by Gasteiger charge is -2.13. The van der Waals surface area contributed by atoms with Crippen molar-refractivity contribution in [2.75, 3.05) is 10.6 Å². The minimum absolute atomic E-state index is 0.108. The molecule has 144 valence electrons. The van der Waals surface area contributed by atoms with Crippen LogP contribution in [0.2, 0.25) is 0 Å². The van der Waals surface area contributed by atoms with Gasteiger partial charge in [-0.1, -0.05) is 44.2 Å². The van der Waals surface area contributed by atoms with Gasteiger partial charge in [-0.25, -0.2) is 4.98 Å². The van der Waals surface area contributed by atoms with E-state index in [4.69, 9.17) is 5.26 Å². The molecule has 0 aliphatic heterocycles. The number of carbonyl (C=O) groups excluding carboxylic acids is 2. The van der Waals surface area contributed by atoms with E-state index < -0.39 is 5.91 Å². The van der Waals surface area contributed by atoms with Gasteiger partial charge in [-0.2, -0.15) is 5.26 Å². The molecule has 6 heteroatoms. The van der Waals surface area contributed by atoms with Crippen LogP contribution in [-0.4, -0.2) is 16.8 Å². The van der Waals surface area contributed by atoms with E-state index in [1.165, 1.54) is 6.07 Å². The Morgan fingerprint density at radius 2 is 1.55 bits per heavy atom. The van der Waals surface area contributed by atoms with Crippen molar-refractivity contribution in [2.45, 2.75) is 19.8 Å². The predicted molar refractivity (Wildman–Crippen MR) is 112 cm³/mol. The molecule has 0 spiro atoms. The zero-order chi connectivity index (χ0) is 20.8. The van der Waals surface area contributed by atoms with Crippen molar-refractivity contribution >= 4 is 23.2 Å². The van der Waals surface area contributed by atoms with Crippen molar-refractivity contribution < 1.29 is 9.59 Å². The zero-order valence-corrected chi connectivity index (χ0v) is 16.1. The first-order valence-electron chi connectivity index (χ1n) is 9.17. The zero-order valence-electron chi connectivity index (χ0n) is 16.1. The summed E-state index contributed by atoms with van der Waals surface area (Å²) in [7, 11) is 0. The fourth-order valence-electron chi connectivity index (χ4n) is 2.85. The molecular weight excluding hydrogens is 364 g/mol. The molecule has 0 saturated heterocycles.